The first-order chi connectivity index (χ1) is 16.1. The largest absolute Gasteiger partial charge is 0.493 e. The van der Waals surface area contributed by atoms with Gasteiger partial charge in [0.15, 0.2) is 17.3 Å². The van der Waals surface area contributed by atoms with Gasteiger partial charge in [0.1, 0.15) is 6.61 Å². The van der Waals surface area contributed by atoms with Crippen LogP contribution in [0.25, 0.3) is 6.08 Å². The zero-order chi connectivity index (χ0) is 24.6. The number of thioether (sulfide) groups is 1. The van der Waals surface area contributed by atoms with E-state index in [0.29, 0.717) is 28.1 Å². The summed E-state index contributed by atoms with van der Waals surface area (Å²) in [6, 6.07) is 10.4. The minimum atomic E-state index is -3.62. The monoisotopic (exact) mass is 538 g/mol. The number of benzene rings is 2. The number of halogens is 2. The van der Waals surface area contributed by atoms with Gasteiger partial charge in [0.2, 0.25) is 19.4 Å². The van der Waals surface area contributed by atoms with Crippen LogP contribution in [0.5, 0.6) is 11.5 Å². The Labute approximate surface area is 209 Å². The topological polar surface area (TPSA) is 121 Å². The molecule has 0 saturated carbocycles. The lowest BCUT2D eigenvalue weighted by atomic mass is 10.1. The molecule has 2 heterocycles. The van der Waals surface area contributed by atoms with Crippen LogP contribution in [-0.2, 0) is 21.2 Å². The molecule has 1 N–H and O–H groups in total. The highest BCUT2D eigenvalue weighted by Crippen LogP contribution is 2.38. The number of nitrogens with one attached hydrogen (secondary N) is 1. The first-order valence-electron chi connectivity index (χ1n) is 9.52. The second-order valence-corrected chi connectivity index (χ2v) is 11.0. The molecule has 0 aromatic heterocycles. The van der Waals surface area contributed by atoms with Gasteiger partial charge in [-0.25, -0.2) is 8.42 Å². The molecule has 0 fully saturated rings. The molecule has 13 heteroatoms. The van der Waals surface area contributed by atoms with E-state index in [1.807, 2.05) is 18.2 Å². The van der Waals surface area contributed by atoms with E-state index in [9.17, 15) is 13.2 Å². The molecule has 34 heavy (non-hydrogen) atoms. The summed E-state index contributed by atoms with van der Waals surface area (Å²) in [5, 5.41) is 14.1. The lowest BCUT2D eigenvalue weighted by Gasteiger charge is -2.20. The smallest absolute Gasteiger partial charge is 0.283 e. The molecular formula is C21H16Cl2N4O5S2. The normalized spacial score (nSPS) is 16.9. The Balaban J connectivity index is 1.64. The van der Waals surface area contributed by atoms with Crippen LogP contribution in [0.4, 0.5) is 0 Å². The lowest BCUT2D eigenvalue weighted by Crippen LogP contribution is -2.35. The van der Waals surface area contributed by atoms with E-state index in [4.69, 9.17) is 38.1 Å². The Kier molecular flexibility index (Phi) is 6.72. The highest BCUT2D eigenvalue weighted by Gasteiger charge is 2.38. The van der Waals surface area contributed by atoms with Crippen LogP contribution in [0.15, 0.2) is 52.1 Å². The van der Waals surface area contributed by atoms with Gasteiger partial charge in [0.05, 0.1) is 17.7 Å². The molecule has 2 aromatic rings. The van der Waals surface area contributed by atoms with Gasteiger partial charge in [-0.3, -0.25) is 10.2 Å². The van der Waals surface area contributed by atoms with E-state index in [-0.39, 0.29) is 38.3 Å². The van der Waals surface area contributed by atoms with Crippen LogP contribution in [0.2, 0.25) is 10.0 Å². The summed E-state index contributed by atoms with van der Waals surface area (Å²) in [5.74, 6) is -0.424. The molecule has 4 rings (SSSR count). The summed E-state index contributed by atoms with van der Waals surface area (Å²) in [6.45, 7) is 0.157. The van der Waals surface area contributed by atoms with Crippen molar-refractivity contribution < 1.29 is 22.7 Å². The van der Waals surface area contributed by atoms with Gasteiger partial charge < -0.3 is 9.47 Å². The summed E-state index contributed by atoms with van der Waals surface area (Å²) in [6.07, 6.45) is 2.39. The number of ether oxygens (including phenoxy) is 2. The molecule has 0 unspecified atom stereocenters. The van der Waals surface area contributed by atoms with Crippen molar-refractivity contribution in [3.63, 3.8) is 0 Å². The van der Waals surface area contributed by atoms with Crippen LogP contribution in [0.1, 0.15) is 11.1 Å². The van der Waals surface area contributed by atoms with E-state index in [1.165, 1.54) is 13.2 Å². The van der Waals surface area contributed by atoms with Crippen molar-refractivity contribution in [3.8, 4) is 11.5 Å². The van der Waals surface area contributed by atoms with Crippen molar-refractivity contribution in [2.45, 2.75) is 6.61 Å². The molecule has 0 saturated heterocycles. The van der Waals surface area contributed by atoms with Crippen molar-refractivity contribution >= 4 is 72.2 Å². The van der Waals surface area contributed by atoms with Gasteiger partial charge in [-0.2, -0.15) is 10.0 Å². The Morgan fingerprint density at radius 2 is 1.94 bits per heavy atom. The van der Waals surface area contributed by atoms with Crippen LogP contribution in [-0.4, -0.2) is 48.1 Å². The van der Waals surface area contributed by atoms with Crippen molar-refractivity contribution in [3.05, 3.63) is 63.1 Å². The Bertz CT molecular complexity index is 1420. The van der Waals surface area contributed by atoms with Gasteiger partial charge in [0, 0.05) is 16.8 Å². The molecule has 176 valence electrons. The number of aliphatic imine (C=N–C) groups is 1. The molecule has 0 spiro atoms. The minimum absolute atomic E-state index is 0.00603. The first kappa shape index (κ1) is 24.3. The average molecular weight is 539 g/mol. The van der Waals surface area contributed by atoms with Crippen molar-refractivity contribution in [2.24, 2.45) is 10.1 Å². The SMILES string of the molecule is COc1cc(/C=C2\C(=N)N3N=C(S(C)(=O)=O)SC3=NC2=O)cc(Cl)c1OCc1ccccc1Cl. The van der Waals surface area contributed by atoms with E-state index in [0.717, 1.165) is 16.8 Å². The summed E-state index contributed by atoms with van der Waals surface area (Å²) in [7, 11) is -2.18. The van der Waals surface area contributed by atoms with Gasteiger partial charge in [-0.1, -0.05) is 41.4 Å². The third-order valence-corrected chi connectivity index (χ3v) is 7.87. The van der Waals surface area contributed by atoms with E-state index < -0.39 is 15.7 Å². The summed E-state index contributed by atoms with van der Waals surface area (Å²) < 4.78 is 34.6. The maximum Gasteiger partial charge on any atom is 0.283 e. The van der Waals surface area contributed by atoms with Gasteiger partial charge >= 0.3 is 0 Å². The molecule has 0 aliphatic carbocycles. The fourth-order valence-electron chi connectivity index (χ4n) is 3.02. The zero-order valence-corrected chi connectivity index (χ0v) is 20.8. The average Bonchev–Trinajstić information content (AvgIpc) is 3.21. The molecule has 2 aromatic carbocycles. The van der Waals surface area contributed by atoms with Gasteiger partial charge in [-0.15, -0.1) is 5.10 Å². The van der Waals surface area contributed by atoms with Crippen molar-refractivity contribution in [1.82, 2.24) is 5.01 Å². The number of hydrogen-bond acceptors (Lipinski definition) is 8. The first-order valence-corrected chi connectivity index (χ1v) is 13.0. The summed E-state index contributed by atoms with van der Waals surface area (Å²) >= 11 is 13.3. The molecule has 0 bridgehead atoms. The fraction of sp³-hybridized carbons (Fsp3) is 0.143. The number of methoxy groups -OCH3 is 1. The standard InChI is InChI=1S/C21H16Cl2N4O5S2/c1-31-16-9-11(8-15(23)17(16)32-10-12-5-3-4-6-14(12)22)7-13-18(24)27-20(25-19(13)28)33-21(26-27)34(2,29)30/h3-9,24H,10H2,1-2H3/b13-7+,24-18?. The maximum atomic E-state index is 12.6. The van der Waals surface area contributed by atoms with E-state index in [1.54, 1.807) is 18.2 Å². The molecule has 0 radical (unpaired) electrons. The number of carbonyl (C=O) groups excluding carboxylic acids is 1. The quantitative estimate of drug-likeness (QED) is 0.566. The molecule has 2 aliphatic rings. The number of fused-ring (bicyclic) bond motifs is 1. The van der Waals surface area contributed by atoms with Gasteiger partial charge in [-0.05, 0) is 41.6 Å². The van der Waals surface area contributed by atoms with Crippen molar-refractivity contribution in [1.29, 1.82) is 5.41 Å². The highest BCUT2D eigenvalue weighted by molar-refractivity contribution is 8.42. The summed E-state index contributed by atoms with van der Waals surface area (Å²) in [4.78, 5) is 16.4. The number of amides is 1. The Morgan fingerprint density at radius 1 is 1.21 bits per heavy atom. The van der Waals surface area contributed by atoms with Crippen molar-refractivity contribution in [2.75, 3.05) is 13.4 Å². The number of hydrazone groups is 1. The summed E-state index contributed by atoms with van der Waals surface area (Å²) in [5.41, 5.74) is 1.12. The number of nitrogens with zero attached hydrogens (tertiary/aromatic N) is 3. The van der Waals surface area contributed by atoms with Crippen LogP contribution in [0, 0.1) is 5.41 Å². The van der Waals surface area contributed by atoms with Crippen LogP contribution < -0.4 is 9.47 Å². The van der Waals surface area contributed by atoms with Gasteiger partial charge in [0.25, 0.3) is 5.91 Å². The lowest BCUT2D eigenvalue weighted by molar-refractivity contribution is -0.114. The van der Waals surface area contributed by atoms with E-state index in [2.05, 4.69) is 10.1 Å². The Hall–Kier alpha value is -2.86. The molecule has 1 amide bonds. The van der Waals surface area contributed by atoms with Crippen LogP contribution in [0.3, 0.4) is 0 Å². The predicted molar refractivity (Wildman–Crippen MR) is 134 cm³/mol. The highest BCUT2D eigenvalue weighted by atomic mass is 35.5. The maximum absolute atomic E-state index is 12.6. The molecule has 9 nitrogen and oxygen atoms in total. The number of amidine groups is 2. The molecule has 2 aliphatic heterocycles. The van der Waals surface area contributed by atoms with Crippen LogP contribution >= 0.6 is 35.0 Å². The number of carbonyl (C=O) groups is 1. The third-order valence-electron chi connectivity index (χ3n) is 4.65. The number of sulfone groups is 1. The third kappa shape index (κ3) is 4.83. The zero-order valence-electron chi connectivity index (χ0n) is 17.7. The van der Waals surface area contributed by atoms with E-state index >= 15 is 0 Å². The second kappa shape index (κ2) is 9.41. The molecule has 0 atom stereocenters. The predicted octanol–water partition coefficient (Wildman–Crippen LogP) is 4.20. The number of rotatable bonds is 5. The molecular weight excluding hydrogens is 523 g/mol. The second-order valence-electron chi connectivity index (χ2n) is 7.07. The Morgan fingerprint density at radius 3 is 2.62 bits per heavy atom. The minimum Gasteiger partial charge on any atom is -0.493 e. The number of hydrogen-bond donors (Lipinski definition) is 1. The fourth-order valence-corrected chi connectivity index (χ4v) is 5.17.